The number of nitrogens with one attached hydrogen (secondary N) is 2. The Balaban J connectivity index is 0.00000441. The van der Waals surface area contributed by atoms with E-state index in [0.29, 0.717) is 0 Å². The number of hydrogen-bond donors (Lipinski definition) is 2. The summed E-state index contributed by atoms with van der Waals surface area (Å²) in [6, 6.07) is 0. The maximum Gasteiger partial charge on any atom is 0.191 e. The number of piperidine rings is 1. The molecular formula is C16H35IN4O. The van der Waals surface area contributed by atoms with Crippen molar-refractivity contribution >= 4 is 29.9 Å². The third kappa shape index (κ3) is 8.53. The molecule has 132 valence electrons. The second-order valence-electron chi connectivity index (χ2n) is 6.87. The van der Waals surface area contributed by atoms with Gasteiger partial charge in [-0.15, -0.1) is 24.0 Å². The molecule has 0 aliphatic carbocycles. The SMILES string of the molecule is CN=C(NCCN1CCCCC1)NCC(OC)C(C)(C)C.I. The van der Waals surface area contributed by atoms with Gasteiger partial charge in [0.05, 0.1) is 6.10 Å². The zero-order valence-electron chi connectivity index (χ0n) is 14.9. The molecule has 1 aliphatic heterocycles. The van der Waals surface area contributed by atoms with Crippen molar-refractivity contribution in [3.63, 3.8) is 0 Å². The first-order chi connectivity index (χ1) is 9.97. The Hall–Kier alpha value is -0.0800. The van der Waals surface area contributed by atoms with Gasteiger partial charge < -0.3 is 20.3 Å². The Labute approximate surface area is 153 Å². The summed E-state index contributed by atoms with van der Waals surface area (Å²) in [5.41, 5.74) is 0.119. The summed E-state index contributed by atoms with van der Waals surface area (Å²) in [5, 5.41) is 6.75. The van der Waals surface area contributed by atoms with Crippen LogP contribution in [0.25, 0.3) is 0 Å². The normalized spacial score (nSPS) is 18.5. The maximum atomic E-state index is 5.56. The van der Waals surface area contributed by atoms with Crippen LogP contribution in [0.1, 0.15) is 40.0 Å². The largest absolute Gasteiger partial charge is 0.379 e. The topological polar surface area (TPSA) is 48.9 Å². The van der Waals surface area contributed by atoms with Crippen LogP contribution in [0.5, 0.6) is 0 Å². The molecule has 1 aliphatic rings. The van der Waals surface area contributed by atoms with Crippen LogP contribution in [-0.2, 0) is 4.74 Å². The highest BCUT2D eigenvalue weighted by atomic mass is 127. The van der Waals surface area contributed by atoms with Crippen molar-refractivity contribution in [3.05, 3.63) is 0 Å². The molecule has 0 aromatic carbocycles. The van der Waals surface area contributed by atoms with Gasteiger partial charge in [-0.25, -0.2) is 0 Å². The summed E-state index contributed by atoms with van der Waals surface area (Å²) in [4.78, 5) is 6.80. The van der Waals surface area contributed by atoms with Crippen molar-refractivity contribution in [2.24, 2.45) is 10.4 Å². The van der Waals surface area contributed by atoms with Crippen LogP contribution >= 0.6 is 24.0 Å². The van der Waals surface area contributed by atoms with Gasteiger partial charge in [0.15, 0.2) is 5.96 Å². The van der Waals surface area contributed by atoms with E-state index in [-0.39, 0.29) is 35.5 Å². The summed E-state index contributed by atoms with van der Waals surface area (Å²) in [6.07, 6.45) is 4.23. The molecule has 6 heteroatoms. The predicted octanol–water partition coefficient (Wildman–Crippen LogP) is 2.32. The minimum Gasteiger partial charge on any atom is -0.379 e. The molecule has 1 unspecified atom stereocenters. The van der Waals surface area contributed by atoms with E-state index >= 15 is 0 Å². The number of likely N-dealkylation sites (tertiary alicyclic amines) is 1. The lowest BCUT2D eigenvalue weighted by atomic mass is 9.89. The highest BCUT2D eigenvalue weighted by Gasteiger charge is 2.24. The van der Waals surface area contributed by atoms with Gasteiger partial charge in [0.2, 0.25) is 0 Å². The van der Waals surface area contributed by atoms with Gasteiger partial charge in [0.25, 0.3) is 0 Å². The van der Waals surface area contributed by atoms with Crippen molar-refractivity contribution in [2.75, 3.05) is 46.9 Å². The van der Waals surface area contributed by atoms with Crippen molar-refractivity contribution in [2.45, 2.75) is 46.1 Å². The Bertz CT molecular complexity index is 312. The van der Waals surface area contributed by atoms with Gasteiger partial charge in [0.1, 0.15) is 0 Å². The third-order valence-electron chi connectivity index (χ3n) is 4.10. The molecule has 1 rings (SSSR count). The standard InChI is InChI=1S/C16H34N4O.HI/c1-16(2,3)14(21-5)13-19-15(17-4)18-9-12-20-10-7-6-8-11-20;/h14H,6-13H2,1-5H3,(H2,17,18,19);1H. The molecule has 0 saturated carbocycles. The average Bonchev–Trinajstić information content (AvgIpc) is 2.45. The molecular weight excluding hydrogens is 391 g/mol. The molecule has 0 aromatic rings. The summed E-state index contributed by atoms with van der Waals surface area (Å²) in [6.45, 7) is 11.8. The number of ether oxygens (including phenoxy) is 1. The van der Waals surface area contributed by atoms with Crippen LogP contribution in [0.4, 0.5) is 0 Å². The van der Waals surface area contributed by atoms with E-state index in [4.69, 9.17) is 4.74 Å². The monoisotopic (exact) mass is 426 g/mol. The molecule has 2 N–H and O–H groups in total. The molecule has 1 atom stereocenters. The summed E-state index contributed by atoms with van der Waals surface area (Å²) >= 11 is 0. The van der Waals surface area contributed by atoms with Gasteiger partial charge in [-0.05, 0) is 31.3 Å². The fourth-order valence-electron chi connectivity index (χ4n) is 2.67. The summed E-state index contributed by atoms with van der Waals surface area (Å²) in [5.74, 6) is 0.860. The molecule has 0 bridgehead atoms. The molecule has 0 aromatic heterocycles. The second kappa shape index (κ2) is 11.5. The van der Waals surface area contributed by atoms with Crippen LogP contribution < -0.4 is 10.6 Å². The first-order valence-corrected chi connectivity index (χ1v) is 8.17. The highest BCUT2D eigenvalue weighted by Crippen LogP contribution is 2.20. The molecule has 0 amide bonds. The lowest BCUT2D eigenvalue weighted by Gasteiger charge is -2.30. The number of nitrogens with zero attached hydrogens (tertiary/aromatic N) is 2. The van der Waals surface area contributed by atoms with Crippen molar-refractivity contribution in [1.29, 1.82) is 0 Å². The molecule has 5 nitrogen and oxygen atoms in total. The number of halogens is 1. The first kappa shape index (κ1) is 21.9. The fraction of sp³-hybridized carbons (Fsp3) is 0.938. The average molecular weight is 426 g/mol. The van der Waals surface area contributed by atoms with E-state index in [0.717, 1.165) is 25.6 Å². The number of methoxy groups -OCH3 is 1. The molecule has 0 radical (unpaired) electrons. The number of aliphatic imine (C=N–C) groups is 1. The lowest BCUT2D eigenvalue weighted by molar-refractivity contribution is 0.0205. The van der Waals surface area contributed by atoms with E-state index in [1.54, 1.807) is 7.11 Å². The van der Waals surface area contributed by atoms with Gasteiger partial charge in [-0.1, -0.05) is 27.2 Å². The van der Waals surface area contributed by atoms with Crippen molar-refractivity contribution in [3.8, 4) is 0 Å². The van der Waals surface area contributed by atoms with Gasteiger partial charge in [-0.3, -0.25) is 4.99 Å². The molecule has 0 spiro atoms. The third-order valence-corrected chi connectivity index (χ3v) is 4.10. The lowest BCUT2D eigenvalue weighted by Crippen LogP contribution is -2.47. The van der Waals surface area contributed by atoms with Crippen LogP contribution in [0.3, 0.4) is 0 Å². The van der Waals surface area contributed by atoms with Crippen molar-refractivity contribution < 1.29 is 4.74 Å². The fourth-order valence-corrected chi connectivity index (χ4v) is 2.67. The van der Waals surface area contributed by atoms with Crippen LogP contribution in [0.15, 0.2) is 4.99 Å². The molecule has 22 heavy (non-hydrogen) atoms. The van der Waals surface area contributed by atoms with Crippen LogP contribution in [-0.4, -0.2) is 63.8 Å². The zero-order valence-corrected chi connectivity index (χ0v) is 17.3. The first-order valence-electron chi connectivity index (χ1n) is 8.17. The maximum absolute atomic E-state index is 5.56. The zero-order chi connectivity index (χ0) is 15.7. The Kier molecular flexibility index (Phi) is 11.4. The van der Waals surface area contributed by atoms with Gasteiger partial charge in [-0.2, -0.15) is 0 Å². The number of guanidine groups is 1. The van der Waals surface area contributed by atoms with E-state index in [1.807, 2.05) is 7.05 Å². The van der Waals surface area contributed by atoms with Crippen LogP contribution in [0, 0.1) is 5.41 Å². The highest BCUT2D eigenvalue weighted by molar-refractivity contribution is 14.0. The van der Waals surface area contributed by atoms with E-state index < -0.39 is 0 Å². The second-order valence-corrected chi connectivity index (χ2v) is 6.87. The quantitative estimate of drug-likeness (QED) is 0.389. The molecule has 1 saturated heterocycles. The molecule has 1 fully saturated rings. The Morgan fingerprint density at radius 1 is 1.18 bits per heavy atom. The molecule has 1 heterocycles. The van der Waals surface area contributed by atoms with E-state index in [2.05, 4.69) is 41.3 Å². The van der Waals surface area contributed by atoms with Crippen molar-refractivity contribution in [1.82, 2.24) is 15.5 Å². The smallest absolute Gasteiger partial charge is 0.191 e. The van der Waals surface area contributed by atoms with Gasteiger partial charge in [0, 0.05) is 33.8 Å². The summed E-state index contributed by atoms with van der Waals surface area (Å²) < 4.78 is 5.56. The minimum atomic E-state index is 0. The summed E-state index contributed by atoms with van der Waals surface area (Å²) in [7, 11) is 3.58. The van der Waals surface area contributed by atoms with Crippen LogP contribution in [0.2, 0.25) is 0 Å². The Morgan fingerprint density at radius 3 is 2.32 bits per heavy atom. The number of rotatable bonds is 6. The number of hydrogen-bond acceptors (Lipinski definition) is 3. The van der Waals surface area contributed by atoms with E-state index in [9.17, 15) is 0 Å². The minimum absolute atomic E-state index is 0. The van der Waals surface area contributed by atoms with Gasteiger partial charge >= 0.3 is 0 Å². The Morgan fingerprint density at radius 2 is 1.82 bits per heavy atom. The van der Waals surface area contributed by atoms with E-state index in [1.165, 1.54) is 32.4 Å². The predicted molar refractivity (Wildman–Crippen MR) is 105 cm³/mol.